The number of hydrogen-bond donors (Lipinski definition) is 0. The first-order chi connectivity index (χ1) is 37.0. The van der Waals surface area contributed by atoms with Crippen molar-refractivity contribution in [1.82, 2.24) is 0 Å². The van der Waals surface area contributed by atoms with Crippen molar-refractivity contribution in [3.05, 3.63) is 97.2 Å². The van der Waals surface area contributed by atoms with Crippen molar-refractivity contribution in [3.63, 3.8) is 0 Å². The standard InChI is InChI=1S/C69H118O6/c1-4-7-10-13-16-19-22-25-27-28-29-30-31-32-33-34-35-36-37-38-39-40-42-44-47-50-53-56-59-62-68(71)74-65-66(64-73-67(70)61-58-55-52-49-46-43-24-21-18-15-12-9-6-3)75-69(72)63-60-57-54-51-48-45-41-26-23-20-17-14-11-8-5-2/h8-9,11-12,17-18,20-22,25-26,28-29,41,43,46,66H,4-7,10,13-16,19,23-24,27,30-40,42,44-45,47-65H2,1-3H3/b11-8-,12-9-,20-17-,21-18-,25-22-,29-28-,41-26-,46-43-. The van der Waals surface area contributed by atoms with Crippen LogP contribution in [-0.2, 0) is 28.6 Å². The van der Waals surface area contributed by atoms with Gasteiger partial charge in [-0.15, -0.1) is 0 Å². The van der Waals surface area contributed by atoms with Gasteiger partial charge in [-0.3, -0.25) is 14.4 Å². The van der Waals surface area contributed by atoms with Gasteiger partial charge in [0.05, 0.1) is 0 Å². The quantitative estimate of drug-likeness (QED) is 0.0261. The highest BCUT2D eigenvalue weighted by molar-refractivity contribution is 5.71. The van der Waals surface area contributed by atoms with Gasteiger partial charge in [0.1, 0.15) is 13.2 Å². The molecule has 1 unspecified atom stereocenters. The highest BCUT2D eigenvalue weighted by atomic mass is 16.6. The van der Waals surface area contributed by atoms with E-state index in [9.17, 15) is 14.4 Å². The van der Waals surface area contributed by atoms with Gasteiger partial charge in [-0.05, 0) is 116 Å². The number of carbonyl (C=O) groups is 3. The van der Waals surface area contributed by atoms with E-state index in [4.69, 9.17) is 14.2 Å². The Labute approximate surface area is 464 Å². The number of carbonyl (C=O) groups excluding carboxylic acids is 3. The van der Waals surface area contributed by atoms with Crippen molar-refractivity contribution in [1.29, 1.82) is 0 Å². The summed E-state index contributed by atoms with van der Waals surface area (Å²) in [5.41, 5.74) is 0. The second kappa shape index (κ2) is 62.9. The van der Waals surface area contributed by atoms with E-state index in [0.29, 0.717) is 19.3 Å². The minimum atomic E-state index is -0.799. The van der Waals surface area contributed by atoms with Gasteiger partial charge >= 0.3 is 17.9 Å². The number of hydrogen-bond acceptors (Lipinski definition) is 6. The second-order valence-electron chi connectivity index (χ2n) is 20.9. The summed E-state index contributed by atoms with van der Waals surface area (Å²) < 4.78 is 16.9. The van der Waals surface area contributed by atoms with Crippen molar-refractivity contribution in [2.45, 2.75) is 309 Å². The minimum absolute atomic E-state index is 0.0929. The molecule has 0 radical (unpaired) electrons. The Balaban J connectivity index is 4.23. The van der Waals surface area contributed by atoms with Crippen LogP contribution in [0.1, 0.15) is 303 Å². The van der Waals surface area contributed by atoms with E-state index < -0.39 is 6.10 Å². The first-order valence-corrected chi connectivity index (χ1v) is 31.7. The van der Waals surface area contributed by atoms with Crippen molar-refractivity contribution < 1.29 is 28.6 Å². The lowest BCUT2D eigenvalue weighted by molar-refractivity contribution is -0.167. The molecule has 6 heteroatoms. The van der Waals surface area contributed by atoms with Gasteiger partial charge in [0.25, 0.3) is 0 Å². The lowest BCUT2D eigenvalue weighted by Crippen LogP contribution is -2.30. The van der Waals surface area contributed by atoms with E-state index in [-0.39, 0.29) is 31.1 Å². The van der Waals surface area contributed by atoms with E-state index in [2.05, 4.69) is 118 Å². The maximum Gasteiger partial charge on any atom is 0.306 e. The van der Waals surface area contributed by atoms with Crippen LogP contribution in [0.15, 0.2) is 97.2 Å². The van der Waals surface area contributed by atoms with Gasteiger partial charge in [0, 0.05) is 19.3 Å². The van der Waals surface area contributed by atoms with Crippen molar-refractivity contribution in [3.8, 4) is 0 Å². The first kappa shape index (κ1) is 71.3. The first-order valence-electron chi connectivity index (χ1n) is 31.7. The predicted molar refractivity (Wildman–Crippen MR) is 325 cm³/mol. The summed E-state index contributed by atoms with van der Waals surface area (Å²) in [6.07, 6.45) is 84.3. The van der Waals surface area contributed by atoms with Crippen molar-refractivity contribution in [2.24, 2.45) is 0 Å². The topological polar surface area (TPSA) is 78.9 Å². The maximum atomic E-state index is 12.9. The molecule has 0 aliphatic carbocycles. The normalized spacial score (nSPS) is 12.7. The second-order valence-corrected chi connectivity index (χ2v) is 20.9. The smallest absolute Gasteiger partial charge is 0.306 e. The number of unbranched alkanes of at least 4 members (excludes halogenated alkanes) is 30. The Bertz CT molecular complexity index is 1480. The summed E-state index contributed by atoms with van der Waals surface area (Å²) in [5.74, 6) is -0.934. The molecular weight excluding hydrogens is 925 g/mol. The van der Waals surface area contributed by atoms with Gasteiger partial charge in [-0.25, -0.2) is 0 Å². The molecule has 0 spiro atoms. The summed E-state index contributed by atoms with van der Waals surface area (Å²) in [4.78, 5) is 38.2. The number of ether oxygens (including phenoxy) is 3. The number of esters is 3. The fraction of sp³-hybridized carbons (Fsp3) is 0.725. The van der Waals surface area contributed by atoms with E-state index in [0.717, 1.165) is 128 Å². The number of rotatable bonds is 57. The van der Waals surface area contributed by atoms with Crippen LogP contribution in [0.25, 0.3) is 0 Å². The molecule has 0 amide bonds. The molecule has 0 aromatic carbocycles. The van der Waals surface area contributed by atoms with Gasteiger partial charge < -0.3 is 14.2 Å². The van der Waals surface area contributed by atoms with E-state index in [1.165, 1.54) is 135 Å². The molecule has 0 fully saturated rings. The molecule has 430 valence electrons. The number of allylic oxidation sites excluding steroid dienone is 16. The Hall–Kier alpha value is -3.67. The summed E-state index contributed by atoms with van der Waals surface area (Å²) in [6, 6.07) is 0. The van der Waals surface area contributed by atoms with Gasteiger partial charge in [-0.2, -0.15) is 0 Å². The maximum absolute atomic E-state index is 12.9. The van der Waals surface area contributed by atoms with E-state index in [1.54, 1.807) is 0 Å². The zero-order valence-electron chi connectivity index (χ0n) is 49.3. The molecule has 0 bridgehead atoms. The molecule has 0 rings (SSSR count). The zero-order chi connectivity index (χ0) is 54.3. The van der Waals surface area contributed by atoms with Crippen LogP contribution in [0.4, 0.5) is 0 Å². The van der Waals surface area contributed by atoms with Gasteiger partial charge in [0.2, 0.25) is 0 Å². The van der Waals surface area contributed by atoms with Crippen LogP contribution in [0.2, 0.25) is 0 Å². The molecule has 0 aliphatic rings. The monoisotopic (exact) mass is 1040 g/mol. The molecule has 0 aromatic heterocycles. The molecule has 1 atom stereocenters. The van der Waals surface area contributed by atoms with Crippen LogP contribution in [0.5, 0.6) is 0 Å². The van der Waals surface area contributed by atoms with Crippen molar-refractivity contribution in [2.75, 3.05) is 13.2 Å². The van der Waals surface area contributed by atoms with Crippen molar-refractivity contribution >= 4 is 17.9 Å². The van der Waals surface area contributed by atoms with Crippen LogP contribution in [0, 0.1) is 0 Å². The fourth-order valence-corrected chi connectivity index (χ4v) is 8.86. The van der Waals surface area contributed by atoms with Gasteiger partial charge in [0.15, 0.2) is 6.10 Å². The third-order valence-corrected chi connectivity index (χ3v) is 13.6. The highest BCUT2D eigenvalue weighted by Gasteiger charge is 2.19. The fourth-order valence-electron chi connectivity index (χ4n) is 8.86. The molecule has 0 heterocycles. The van der Waals surface area contributed by atoms with Crippen LogP contribution in [-0.4, -0.2) is 37.2 Å². The minimum Gasteiger partial charge on any atom is -0.462 e. The van der Waals surface area contributed by atoms with Gasteiger partial charge in [-0.1, -0.05) is 266 Å². The summed E-state index contributed by atoms with van der Waals surface area (Å²) >= 11 is 0. The lowest BCUT2D eigenvalue weighted by atomic mass is 10.0. The largest absolute Gasteiger partial charge is 0.462 e. The van der Waals surface area contributed by atoms with E-state index in [1.807, 2.05) is 0 Å². The van der Waals surface area contributed by atoms with Crippen LogP contribution < -0.4 is 0 Å². The lowest BCUT2D eigenvalue weighted by Gasteiger charge is -2.18. The highest BCUT2D eigenvalue weighted by Crippen LogP contribution is 2.16. The van der Waals surface area contributed by atoms with Crippen LogP contribution in [0.3, 0.4) is 0 Å². The molecule has 75 heavy (non-hydrogen) atoms. The Morgan fingerprint density at radius 2 is 0.520 bits per heavy atom. The molecule has 0 N–H and O–H groups in total. The molecule has 0 saturated carbocycles. The third kappa shape index (κ3) is 61.1. The Morgan fingerprint density at radius 1 is 0.280 bits per heavy atom. The molecule has 0 saturated heterocycles. The summed E-state index contributed by atoms with van der Waals surface area (Å²) in [7, 11) is 0. The predicted octanol–water partition coefficient (Wildman–Crippen LogP) is 21.7. The molecule has 0 aromatic rings. The molecule has 6 nitrogen and oxygen atoms in total. The Kier molecular flexibility index (Phi) is 59.8. The average Bonchev–Trinajstić information content (AvgIpc) is 3.41. The molecule has 0 aliphatic heterocycles. The molecular formula is C69H118O6. The van der Waals surface area contributed by atoms with E-state index >= 15 is 0 Å². The summed E-state index contributed by atoms with van der Waals surface area (Å²) in [6.45, 7) is 6.38. The Morgan fingerprint density at radius 3 is 0.827 bits per heavy atom. The average molecular weight is 1040 g/mol. The summed E-state index contributed by atoms with van der Waals surface area (Å²) in [5, 5.41) is 0. The third-order valence-electron chi connectivity index (χ3n) is 13.6. The SMILES string of the molecule is CC/C=C\C/C=C\C/C=C\CCCCCCCC(=O)OC(COC(=O)CCCCC/C=C\C/C=C\C/C=C\CC)COC(=O)CCCCCCCCCCCCCCCCCCC/C=C\C/C=C\CCCCCCC. The van der Waals surface area contributed by atoms with Crippen LogP contribution >= 0.6 is 0 Å². The zero-order valence-corrected chi connectivity index (χ0v) is 49.3.